The van der Waals surface area contributed by atoms with Gasteiger partial charge in [0, 0.05) is 5.97 Å². The number of hydrogen-bond acceptors (Lipinski definition) is 3. The number of quaternary nitrogens is 1. The summed E-state index contributed by atoms with van der Waals surface area (Å²) in [5.74, 6) is -0.932. The second-order valence-corrected chi connectivity index (χ2v) is 3.51. The van der Waals surface area contributed by atoms with Crippen LogP contribution in [0.15, 0.2) is 0 Å². The zero-order valence-electron chi connectivity index (χ0n) is 9.51. The molecule has 0 amide bonds. The van der Waals surface area contributed by atoms with Crippen molar-refractivity contribution < 1.29 is 19.9 Å². The lowest BCUT2D eigenvalue weighted by Gasteiger charge is -2.00. The lowest BCUT2D eigenvalue weighted by Crippen LogP contribution is -3.06. The Hall–Kier alpha value is -0.610. The van der Waals surface area contributed by atoms with Crippen molar-refractivity contribution in [2.45, 2.75) is 32.6 Å². The van der Waals surface area contributed by atoms with Gasteiger partial charge in [0.25, 0.3) is 0 Å². The number of hydrogen-bond donors (Lipinski definition) is 2. The Morgan fingerprint density at radius 2 is 1.93 bits per heavy atom. The number of carbonyl (C=O) groups is 1. The molecule has 0 aliphatic carbocycles. The average Bonchev–Trinajstić information content (AvgIpc) is 2.05. The highest BCUT2D eigenvalue weighted by Crippen LogP contribution is 1.96. The maximum absolute atomic E-state index is 9.76. The number of carboxylic acid groups (broad SMARTS) is 1. The van der Waals surface area contributed by atoms with Gasteiger partial charge in [-0.15, -0.1) is 0 Å². The Labute approximate surface area is 86.5 Å². The molecule has 0 atom stereocenters. The summed E-state index contributed by atoms with van der Waals surface area (Å²) in [7, 11) is 4.02. The van der Waals surface area contributed by atoms with Gasteiger partial charge in [-0.1, -0.05) is 19.8 Å². The van der Waals surface area contributed by atoms with Crippen molar-refractivity contribution in [1.29, 1.82) is 0 Å². The molecule has 0 bridgehead atoms. The van der Waals surface area contributed by atoms with E-state index in [1.165, 1.54) is 4.90 Å². The molecule has 0 saturated carbocycles. The summed E-state index contributed by atoms with van der Waals surface area (Å²) in [4.78, 5) is 11.1. The van der Waals surface area contributed by atoms with Crippen LogP contribution in [-0.4, -0.2) is 38.3 Å². The molecule has 0 aromatic heterocycles. The van der Waals surface area contributed by atoms with Crippen LogP contribution in [0.1, 0.15) is 32.6 Å². The zero-order valence-corrected chi connectivity index (χ0v) is 9.51. The number of nitrogens with one attached hydrogen (secondary N) is 1. The molecule has 86 valence electrons. The van der Waals surface area contributed by atoms with Crippen LogP contribution in [0.25, 0.3) is 0 Å². The van der Waals surface area contributed by atoms with Gasteiger partial charge in [0.05, 0.1) is 20.7 Å². The topological polar surface area (TPSA) is 64.8 Å². The maximum Gasteiger partial charge on any atom is 0.100 e. The van der Waals surface area contributed by atoms with Gasteiger partial charge in [0.1, 0.15) is 6.54 Å². The molecule has 2 N–H and O–H groups in total. The molecular weight excluding hydrogens is 182 g/mol. The zero-order chi connectivity index (χ0) is 11.4. The van der Waals surface area contributed by atoms with Crippen LogP contribution in [0.5, 0.6) is 0 Å². The first-order valence-electron chi connectivity index (χ1n) is 5.14. The highest BCUT2D eigenvalue weighted by atomic mass is 16.4. The van der Waals surface area contributed by atoms with Crippen molar-refractivity contribution in [2.75, 3.05) is 27.2 Å². The summed E-state index contributed by atoms with van der Waals surface area (Å²) in [6.45, 7) is 3.18. The summed E-state index contributed by atoms with van der Waals surface area (Å²) >= 11 is 0. The largest absolute Gasteiger partial charge is 0.550 e. The first kappa shape index (κ1) is 15.8. The van der Waals surface area contributed by atoms with Gasteiger partial charge >= 0.3 is 0 Å². The lowest BCUT2D eigenvalue weighted by atomic mass is 10.2. The standard InChI is InChI=1S/C6H12O2.C4H11NO/c1-2-3-4-5-6(7)8;1-5(2)3-4-6/h2-5H2,1H3,(H,7,8);6H,3-4H2,1-2H3. The summed E-state index contributed by atoms with van der Waals surface area (Å²) in [6, 6.07) is 0. The van der Waals surface area contributed by atoms with E-state index in [4.69, 9.17) is 5.11 Å². The van der Waals surface area contributed by atoms with Crippen LogP contribution in [-0.2, 0) is 4.79 Å². The number of carboxylic acids is 1. The molecule has 0 aliphatic rings. The Morgan fingerprint density at radius 1 is 1.36 bits per heavy atom. The third-order valence-corrected chi connectivity index (χ3v) is 1.60. The van der Waals surface area contributed by atoms with Crippen molar-refractivity contribution in [3.8, 4) is 0 Å². The lowest BCUT2D eigenvalue weighted by molar-refractivity contribution is -0.858. The van der Waals surface area contributed by atoms with Gasteiger partial charge in [-0.05, 0) is 12.8 Å². The first-order valence-corrected chi connectivity index (χ1v) is 5.14. The molecule has 0 aromatic rings. The van der Waals surface area contributed by atoms with E-state index in [-0.39, 0.29) is 6.42 Å². The number of aliphatic hydroxyl groups excluding tert-OH is 1. The fourth-order valence-corrected chi connectivity index (χ4v) is 0.743. The molecule has 0 rings (SSSR count). The highest BCUT2D eigenvalue weighted by molar-refractivity contribution is 5.63. The van der Waals surface area contributed by atoms with Gasteiger partial charge in [0.15, 0.2) is 0 Å². The molecule has 0 heterocycles. The van der Waals surface area contributed by atoms with E-state index in [9.17, 15) is 9.90 Å². The van der Waals surface area contributed by atoms with Crippen LogP contribution in [0, 0.1) is 0 Å². The van der Waals surface area contributed by atoms with E-state index < -0.39 is 5.97 Å². The minimum absolute atomic E-state index is 0.216. The number of likely N-dealkylation sites (N-methyl/N-ethyl adjacent to an activating group) is 1. The number of carbonyl (C=O) groups excluding carboxylic acids is 1. The van der Waals surface area contributed by atoms with Crippen LogP contribution in [0.3, 0.4) is 0 Å². The van der Waals surface area contributed by atoms with Crippen molar-refractivity contribution in [1.82, 2.24) is 0 Å². The van der Waals surface area contributed by atoms with Gasteiger partial charge in [0.2, 0.25) is 0 Å². The first-order chi connectivity index (χ1) is 6.54. The number of unbranched alkanes of at least 4 members (excludes halogenated alkanes) is 2. The minimum Gasteiger partial charge on any atom is -0.550 e. The third-order valence-electron chi connectivity index (χ3n) is 1.60. The molecule has 0 fully saturated rings. The normalized spacial score (nSPS) is 9.50. The molecule has 0 unspecified atom stereocenters. The summed E-state index contributed by atoms with van der Waals surface area (Å²) in [5.41, 5.74) is 0. The molecular formula is C10H23NO3. The van der Waals surface area contributed by atoms with Crippen molar-refractivity contribution in [3.05, 3.63) is 0 Å². The number of aliphatic carboxylic acids is 1. The average molecular weight is 205 g/mol. The number of aliphatic hydroxyl groups is 1. The van der Waals surface area contributed by atoms with Crippen LogP contribution in [0.4, 0.5) is 0 Å². The molecule has 4 heteroatoms. The molecule has 4 nitrogen and oxygen atoms in total. The quantitative estimate of drug-likeness (QED) is 0.515. The fraction of sp³-hybridized carbons (Fsp3) is 0.900. The maximum atomic E-state index is 9.76. The predicted molar refractivity (Wildman–Crippen MR) is 53.9 cm³/mol. The van der Waals surface area contributed by atoms with E-state index in [0.717, 1.165) is 25.8 Å². The monoisotopic (exact) mass is 205 g/mol. The van der Waals surface area contributed by atoms with E-state index in [0.29, 0.717) is 6.61 Å². The molecule has 0 aromatic carbocycles. The second kappa shape index (κ2) is 12.4. The minimum atomic E-state index is -0.932. The Bertz CT molecular complexity index is 127. The van der Waals surface area contributed by atoms with E-state index in [1.807, 2.05) is 21.0 Å². The summed E-state index contributed by atoms with van der Waals surface area (Å²) in [5, 5.41) is 18.0. The SMILES string of the molecule is CCCCCC(=O)[O-].C[NH+](C)CCO. The van der Waals surface area contributed by atoms with E-state index in [2.05, 4.69) is 0 Å². The smallest absolute Gasteiger partial charge is 0.100 e. The van der Waals surface area contributed by atoms with E-state index in [1.54, 1.807) is 0 Å². The molecule has 0 radical (unpaired) electrons. The van der Waals surface area contributed by atoms with Crippen LogP contribution in [0.2, 0.25) is 0 Å². The van der Waals surface area contributed by atoms with Crippen LogP contribution < -0.4 is 10.0 Å². The third kappa shape index (κ3) is 22.5. The van der Waals surface area contributed by atoms with Gasteiger partial charge in [-0.2, -0.15) is 0 Å². The molecule has 0 spiro atoms. The molecule has 0 saturated heterocycles. The summed E-state index contributed by atoms with van der Waals surface area (Å²) in [6.07, 6.45) is 3.04. The molecule has 0 aliphatic heterocycles. The second-order valence-electron chi connectivity index (χ2n) is 3.51. The van der Waals surface area contributed by atoms with Crippen molar-refractivity contribution in [2.24, 2.45) is 0 Å². The molecule has 14 heavy (non-hydrogen) atoms. The van der Waals surface area contributed by atoms with Crippen molar-refractivity contribution in [3.63, 3.8) is 0 Å². The Balaban J connectivity index is 0. The van der Waals surface area contributed by atoms with E-state index >= 15 is 0 Å². The van der Waals surface area contributed by atoms with Gasteiger partial charge in [-0.25, -0.2) is 0 Å². The Kier molecular flexibility index (Phi) is 14.0. The van der Waals surface area contributed by atoms with Gasteiger partial charge in [-0.3, -0.25) is 0 Å². The number of rotatable bonds is 6. The fourth-order valence-electron chi connectivity index (χ4n) is 0.743. The summed E-state index contributed by atoms with van der Waals surface area (Å²) < 4.78 is 0. The van der Waals surface area contributed by atoms with Crippen LogP contribution >= 0.6 is 0 Å². The highest BCUT2D eigenvalue weighted by Gasteiger charge is 1.84. The van der Waals surface area contributed by atoms with Gasteiger partial charge < -0.3 is 19.9 Å². The Morgan fingerprint density at radius 3 is 2.14 bits per heavy atom. The predicted octanol–water partition coefficient (Wildman–Crippen LogP) is -1.56. The van der Waals surface area contributed by atoms with Crippen molar-refractivity contribution >= 4 is 5.97 Å².